The quantitative estimate of drug-likeness (QED) is 0.568. The molecule has 0 amide bonds. The van der Waals surface area contributed by atoms with Crippen LogP contribution in [0.2, 0.25) is 0 Å². The topological polar surface area (TPSA) is 38.0 Å². The fraction of sp³-hybridized carbons (Fsp3) is 1.00. The van der Waals surface area contributed by atoms with E-state index in [2.05, 4.69) is 12.2 Å². The number of hydrogen-bond acceptors (Lipinski definition) is 2. The van der Waals surface area contributed by atoms with Crippen molar-refractivity contribution in [2.45, 2.75) is 44.7 Å². The molecule has 0 spiro atoms. The van der Waals surface area contributed by atoms with Crippen LogP contribution in [-0.2, 0) is 0 Å². The SMILES string of the molecule is CC1CCC2C(N)CCNC2C1. The molecule has 1 heterocycles. The van der Waals surface area contributed by atoms with E-state index in [4.69, 9.17) is 5.73 Å². The summed E-state index contributed by atoms with van der Waals surface area (Å²) in [4.78, 5) is 0. The smallest absolute Gasteiger partial charge is 0.0113 e. The lowest BCUT2D eigenvalue weighted by Crippen LogP contribution is -2.54. The van der Waals surface area contributed by atoms with E-state index in [-0.39, 0.29) is 0 Å². The Morgan fingerprint density at radius 3 is 2.92 bits per heavy atom. The van der Waals surface area contributed by atoms with E-state index in [1.807, 2.05) is 0 Å². The molecule has 1 saturated carbocycles. The molecule has 0 radical (unpaired) electrons. The lowest BCUT2D eigenvalue weighted by Gasteiger charge is -2.42. The molecule has 1 aliphatic heterocycles. The van der Waals surface area contributed by atoms with Gasteiger partial charge in [-0.2, -0.15) is 0 Å². The largest absolute Gasteiger partial charge is 0.327 e. The summed E-state index contributed by atoms with van der Waals surface area (Å²) in [7, 11) is 0. The van der Waals surface area contributed by atoms with Gasteiger partial charge in [0.2, 0.25) is 0 Å². The van der Waals surface area contributed by atoms with Gasteiger partial charge < -0.3 is 11.1 Å². The Bertz CT molecular complexity index is 158. The predicted octanol–water partition coefficient (Wildman–Crippen LogP) is 1.11. The van der Waals surface area contributed by atoms with Gasteiger partial charge in [-0.05, 0) is 37.6 Å². The van der Waals surface area contributed by atoms with Crippen molar-refractivity contribution in [3.63, 3.8) is 0 Å². The standard InChI is InChI=1S/C10H20N2/c1-7-2-3-8-9(11)4-5-12-10(8)6-7/h7-10,12H,2-6,11H2,1H3. The van der Waals surface area contributed by atoms with Gasteiger partial charge in [0.1, 0.15) is 0 Å². The molecule has 4 atom stereocenters. The fourth-order valence-electron chi connectivity index (χ4n) is 2.80. The maximum Gasteiger partial charge on any atom is 0.0113 e. The summed E-state index contributed by atoms with van der Waals surface area (Å²) in [5, 5.41) is 3.60. The van der Waals surface area contributed by atoms with E-state index in [1.165, 1.54) is 25.7 Å². The third-order valence-corrected chi connectivity index (χ3v) is 3.60. The second-order valence-corrected chi connectivity index (χ2v) is 4.60. The number of hydrogen-bond donors (Lipinski definition) is 2. The van der Waals surface area contributed by atoms with Gasteiger partial charge in [-0.1, -0.05) is 13.3 Å². The molecular formula is C10H20N2. The zero-order chi connectivity index (χ0) is 8.55. The number of nitrogens with two attached hydrogens (primary N) is 1. The highest BCUT2D eigenvalue weighted by Crippen LogP contribution is 2.32. The number of piperidine rings is 1. The van der Waals surface area contributed by atoms with Gasteiger partial charge in [0.15, 0.2) is 0 Å². The van der Waals surface area contributed by atoms with Crippen LogP contribution in [0.1, 0.15) is 32.6 Å². The fourth-order valence-corrected chi connectivity index (χ4v) is 2.80. The van der Waals surface area contributed by atoms with Crippen molar-refractivity contribution < 1.29 is 0 Å². The van der Waals surface area contributed by atoms with Crippen LogP contribution in [0.3, 0.4) is 0 Å². The van der Waals surface area contributed by atoms with Crippen LogP contribution in [0, 0.1) is 11.8 Å². The molecule has 70 valence electrons. The molecule has 2 rings (SSSR count). The van der Waals surface area contributed by atoms with Crippen LogP contribution in [0.15, 0.2) is 0 Å². The molecule has 0 aromatic rings. The van der Waals surface area contributed by atoms with Crippen molar-refractivity contribution in [2.75, 3.05) is 6.54 Å². The first-order valence-corrected chi connectivity index (χ1v) is 5.26. The summed E-state index contributed by atoms with van der Waals surface area (Å²) < 4.78 is 0. The van der Waals surface area contributed by atoms with E-state index in [0.717, 1.165) is 24.4 Å². The minimum absolute atomic E-state index is 0.476. The van der Waals surface area contributed by atoms with E-state index in [1.54, 1.807) is 0 Å². The highest BCUT2D eigenvalue weighted by atomic mass is 15.0. The lowest BCUT2D eigenvalue weighted by atomic mass is 9.73. The van der Waals surface area contributed by atoms with Crippen LogP contribution >= 0.6 is 0 Å². The Hall–Kier alpha value is -0.0800. The van der Waals surface area contributed by atoms with Crippen molar-refractivity contribution in [3.8, 4) is 0 Å². The van der Waals surface area contributed by atoms with Crippen LogP contribution in [0.4, 0.5) is 0 Å². The highest BCUT2D eigenvalue weighted by molar-refractivity contribution is 4.93. The molecule has 0 aromatic heterocycles. The lowest BCUT2D eigenvalue weighted by molar-refractivity contribution is 0.153. The zero-order valence-electron chi connectivity index (χ0n) is 7.92. The molecule has 2 nitrogen and oxygen atoms in total. The minimum atomic E-state index is 0.476. The Kier molecular flexibility index (Phi) is 2.37. The molecular weight excluding hydrogens is 148 g/mol. The van der Waals surface area contributed by atoms with Gasteiger partial charge >= 0.3 is 0 Å². The molecule has 12 heavy (non-hydrogen) atoms. The van der Waals surface area contributed by atoms with Gasteiger partial charge in [-0.3, -0.25) is 0 Å². The van der Waals surface area contributed by atoms with Gasteiger partial charge in [-0.25, -0.2) is 0 Å². The third kappa shape index (κ3) is 1.50. The minimum Gasteiger partial charge on any atom is -0.327 e. The van der Waals surface area contributed by atoms with Crippen LogP contribution in [0.5, 0.6) is 0 Å². The summed E-state index contributed by atoms with van der Waals surface area (Å²) in [6, 6.07) is 1.21. The maximum absolute atomic E-state index is 6.09. The molecule has 0 bridgehead atoms. The van der Waals surface area contributed by atoms with E-state index < -0.39 is 0 Å². The van der Waals surface area contributed by atoms with Crippen molar-refractivity contribution >= 4 is 0 Å². The normalized spacial score (nSPS) is 48.5. The second kappa shape index (κ2) is 3.35. The summed E-state index contributed by atoms with van der Waals surface area (Å²) in [6.07, 6.45) is 5.25. The third-order valence-electron chi connectivity index (χ3n) is 3.60. The Labute approximate surface area is 74.9 Å². The first-order chi connectivity index (χ1) is 5.77. The summed E-state index contributed by atoms with van der Waals surface area (Å²) >= 11 is 0. The molecule has 4 unspecified atom stereocenters. The monoisotopic (exact) mass is 168 g/mol. The van der Waals surface area contributed by atoms with E-state index in [9.17, 15) is 0 Å². The molecule has 2 heteroatoms. The van der Waals surface area contributed by atoms with Gasteiger partial charge in [0, 0.05) is 12.1 Å². The average molecular weight is 168 g/mol. The van der Waals surface area contributed by atoms with Gasteiger partial charge in [-0.15, -0.1) is 0 Å². The zero-order valence-corrected chi connectivity index (χ0v) is 7.92. The molecule has 1 saturated heterocycles. The summed E-state index contributed by atoms with van der Waals surface area (Å²) in [6.45, 7) is 3.49. The molecule has 2 fully saturated rings. The van der Waals surface area contributed by atoms with Crippen molar-refractivity contribution in [2.24, 2.45) is 17.6 Å². The Morgan fingerprint density at radius 1 is 1.25 bits per heavy atom. The van der Waals surface area contributed by atoms with Crippen LogP contribution < -0.4 is 11.1 Å². The second-order valence-electron chi connectivity index (χ2n) is 4.60. The summed E-state index contributed by atoms with van der Waals surface area (Å²) in [5.41, 5.74) is 6.09. The van der Waals surface area contributed by atoms with Gasteiger partial charge in [0.25, 0.3) is 0 Å². The van der Waals surface area contributed by atoms with Gasteiger partial charge in [0.05, 0.1) is 0 Å². The van der Waals surface area contributed by atoms with Crippen LogP contribution in [0.25, 0.3) is 0 Å². The molecule has 2 aliphatic rings. The maximum atomic E-state index is 6.09. The molecule has 3 N–H and O–H groups in total. The van der Waals surface area contributed by atoms with Crippen molar-refractivity contribution in [3.05, 3.63) is 0 Å². The van der Waals surface area contributed by atoms with Crippen molar-refractivity contribution in [1.29, 1.82) is 0 Å². The highest BCUT2D eigenvalue weighted by Gasteiger charge is 2.34. The number of rotatable bonds is 0. The molecule has 0 aromatic carbocycles. The molecule has 1 aliphatic carbocycles. The van der Waals surface area contributed by atoms with E-state index in [0.29, 0.717) is 6.04 Å². The summed E-state index contributed by atoms with van der Waals surface area (Å²) in [5.74, 6) is 1.68. The first kappa shape index (κ1) is 8.52. The number of nitrogens with one attached hydrogen (secondary N) is 1. The average Bonchev–Trinajstić information content (AvgIpc) is 2.04. The number of fused-ring (bicyclic) bond motifs is 1. The first-order valence-electron chi connectivity index (χ1n) is 5.26. The Morgan fingerprint density at radius 2 is 2.08 bits per heavy atom. The van der Waals surface area contributed by atoms with Crippen LogP contribution in [-0.4, -0.2) is 18.6 Å². The Balaban J connectivity index is 1.99. The van der Waals surface area contributed by atoms with E-state index >= 15 is 0 Å². The van der Waals surface area contributed by atoms with Crippen molar-refractivity contribution in [1.82, 2.24) is 5.32 Å². The predicted molar refractivity (Wildman–Crippen MR) is 50.9 cm³/mol.